The molecule has 1 N–H and O–H groups in total. The van der Waals surface area contributed by atoms with Crippen LogP contribution in [0.3, 0.4) is 0 Å². The van der Waals surface area contributed by atoms with Crippen molar-refractivity contribution in [3.63, 3.8) is 0 Å². The maximum Gasteiger partial charge on any atom is 0.306 e. The molecule has 6 nitrogen and oxygen atoms in total. The zero-order valence-corrected chi connectivity index (χ0v) is 12.6. The molecule has 0 aromatic heterocycles. The Labute approximate surface area is 110 Å². The van der Waals surface area contributed by atoms with Crippen LogP contribution in [0.1, 0.15) is 40.0 Å². The topological polar surface area (TPSA) is 75.7 Å². The number of carbonyl (C=O) groups excluding carboxylic acids is 1. The summed E-state index contributed by atoms with van der Waals surface area (Å²) in [6.07, 6.45) is 1.45. The monoisotopic (exact) mass is 280 g/mol. The first-order valence-corrected chi connectivity index (χ1v) is 7.46. The fraction of sp³-hybridized carbons (Fsp3) is 0.909. The van der Waals surface area contributed by atoms with Crippen molar-refractivity contribution in [2.24, 2.45) is 0 Å². The van der Waals surface area contributed by atoms with E-state index in [4.69, 9.17) is 0 Å². The smallest absolute Gasteiger partial charge is 0.306 e. The van der Waals surface area contributed by atoms with E-state index in [2.05, 4.69) is 9.46 Å². The van der Waals surface area contributed by atoms with E-state index in [0.29, 0.717) is 12.8 Å². The van der Waals surface area contributed by atoms with Gasteiger partial charge in [0, 0.05) is 19.1 Å². The first-order valence-electron chi connectivity index (χ1n) is 6.02. The zero-order valence-electron chi connectivity index (χ0n) is 11.8. The summed E-state index contributed by atoms with van der Waals surface area (Å²) in [5.41, 5.74) is -0.460. The van der Waals surface area contributed by atoms with Crippen LogP contribution < -0.4 is 4.72 Å². The fourth-order valence-corrected chi connectivity index (χ4v) is 2.65. The lowest BCUT2D eigenvalue weighted by molar-refractivity contribution is -0.140. The van der Waals surface area contributed by atoms with Crippen molar-refractivity contribution in [1.82, 2.24) is 9.03 Å². The van der Waals surface area contributed by atoms with Gasteiger partial charge in [-0.3, -0.25) is 4.79 Å². The second-order valence-corrected chi connectivity index (χ2v) is 6.30. The van der Waals surface area contributed by atoms with E-state index in [0.717, 1.165) is 4.31 Å². The second-order valence-electron chi connectivity index (χ2n) is 4.52. The fourth-order valence-electron chi connectivity index (χ4n) is 1.25. The minimum Gasteiger partial charge on any atom is -0.469 e. The molecule has 0 unspecified atom stereocenters. The molecular weight excluding hydrogens is 256 g/mol. The average molecular weight is 280 g/mol. The molecule has 0 rings (SSSR count). The van der Waals surface area contributed by atoms with Crippen LogP contribution in [0.15, 0.2) is 0 Å². The number of esters is 1. The molecule has 0 saturated carbocycles. The van der Waals surface area contributed by atoms with Gasteiger partial charge in [-0.05, 0) is 19.8 Å². The van der Waals surface area contributed by atoms with Gasteiger partial charge < -0.3 is 4.74 Å². The molecule has 0 fully saturated rings. The molecular formula is C11H24N2O4S. The first-order chi connectivity index (χ1) is 8.20. The van der Waals surface area contributed by atoms with E-state index in [-0.39, 0.29) is 13.0 Å². The lowest BCUT2D eigenvalue weighted by Gasteiger charge is -2.30. The number of nitrogens with one attached hydrogen (secondary N) is 1. The highest BCUT2D eigenvalue weighted by Crippen LogP contribution is 2.16. The van der Waals surface area contributed by atoms with Gasteiger partial charge in [0.05, 0.1) is 13.5 Å². The summed E-state index contributed by atoms with van der Waals surface area (Å²) in [6.45, 7) is 5.82. The van der Waals surface area contributed by atoms with Crippen molar-refractivity contribution >= 4 is 16.2 Å². The molecule has 0 amide bonds. The molecule has 0 radical (unpaired) electrons. The van der Waals surface area contributed by atoms with Crippen LogP contribution in [-0.2, 0) is 19.7 Å². The maximum atomic E-state index is 12.0. The maximum absolute atomic E-state index is 12.0. The molecule has 0 aliphatic heterocycles. The van der Waals surface area contributed by atoms with Crippen LogP contribution in [0.4, 0.5) is 0 Å². The van der Waals surface area contributed by atoms with Crippen molar-refractivity contribution in [2.45, 2.75) is 45.6 Å². The van der Waals surface area contributed by atoms with E-state index in [1.54, 1.807) is 0 Å². The number of carbonyl (C=O) groups is 1. The van der Waals surface area contributed by atoms with Gasteiger partial charge in [0.25, 0.3) is 10.2 Å². The number of methoxy groups -OCH3 is 1. The number of ether oxygens (including phenoxy) is 1. The number of hydrogen-bond acceptors (Lipinski definition) is 4. The summed E-state index contributed by atoms with van der Waals surface area (Å²) in [6, 6.07) is 0. The van der Waals surface area contributed by atoms with Gasteiger partial charge in [-0.2, -0.15) is 17.4 Å². The van der Waals surface area contributed by atoms with Gasteiger partial charge in [0.1, 0.15) is 0 Å². The van der Waals surface area contributed by atoms with Gasteiger partial charge in [0.2, 0.25) is 0 Å². The number of rotatable bonds is 8. The summed E-state index contributed by atoms with van der Waals surface area (Å²) in [7, 11) is -0.851. The predicted molar refractivity (Wildman–Crippen MR) is 70.3 cm³/mol. The molecule has 0 spiro atoms. The number of hydrogen-bond donors (Lipinski definition) is 1. The highest BCUT2D eigenvalue weighted by molar-refractivity contribution is 7.87. The van der Waals surface area contributed by atoms with E-state index in [1.807, 2.05) is 20.8 Å². The Morgan fingerprint density at radius 2 is 1.83 bits per heavy atom. The molecule has 0 heterocycles. The Morgan fingerprint density at radius 1 is 1.33 bits per heavy atom. The Bertz CT molecular complexity index is 363. The van der Waals surface area contributed by atoms with E-state index >= 15 is 0 Å². The summed E-state index contributed by atoms with van der Waals surface area (Å²) in [5, 5.41) is 0. The first kappa shape index (κ1) is 17.3. The van der Waals surface area contributed by atoms with E-state index < -0.39 is 21.7 Å². The van der Waals surface area contributed by atoms with Crippen molar-refractivity contribution in [1.29, 1.82) is 0 Å². The number of nitrogens with zero attached hydrogens (tertiary/aromatic N) is 1. The third-order valence-corrected chi connectivity index (χ3v) is 4.96. The molecule has 0 aliphatic carbocycles. The summed E-state index contributed by atoms with van der Waals surface area (Å²) >= 11 is 0. The van der Waals surface area contributed by atoms with Gasteiger partial charge >= 0.3 is 5.97 Å². The Morgan fingerprint density at radius 3 is 2.22 bits per heavy atom. The molecule has 7 heteroatoms. The normalized spacial score (nSPS) is 12.8. The van der Waals surface area contributed by atoms with E-state index in [1.165, 1.54) is 14.2 Å². The Kier molecular flexibility index (Phi) is 6.80. The molecule has 0 bridgehead atoms. The third-order valence-electron chi connectivity index (χ3n) is 3.20. The highest BCUT2D eigenvalue weighted by Gasteiger charge is 2.28. The summed E-state index contributed by atoms with van der Waals surface area (Å²) < 4.78 is 32.3. The molecule has 0 atom stereocenters. The lowest BCUT2D eigenvalue weighted by Crippen LogP contribution is -2.50. The van der Waals surface area contributed by atoms with Gasteiger partial charge in [-0.15, -0.1) is 0 Å². The van der Waals surface area contributed by atoms with Crippen molar-refractivity contribution in [2.75, 3.05) is 20.7 Å². The minimum absolute atomic E-state index is 0.0445. The van der Waals surface area contributed by atoms with Crippen molar-refractivity contribution in [3.05, 3.63) is 0 Å². The molecule has 108 valence electrons. The molecule has 0 aromatic rings. The summed E-state index contributed by atoms with van der Waals surface area (Å²) in [4.78, 5) is 11.0. The molecule has 0 aromatic carbocycles. The molecule has 18 heavy (non-hydrogen) atoms. The van der Waals surface area contributed by atoms with Gasteiger partial charge in [-0.25, -0.2) is 0 Å². The lowest BCUT2D eigenvalue weighted by atomic mass is 9.98. The Hall–Kier alpha value is -0.660. The highest BCUT2D eigenvalue weighted by atomic mass is 32.2. The van der Waals surface area contributed by atoms with E-state index in [9.17, 15) is 13.2 Å². The predicted octanol–water partition coefficient (Wildman–Crippen LogP) is 0.894. The van der Waals surface area contributed by atoms with Crippen LogP contribution in [0.25, 0.3) is 0 Å². The second kappa shape index (κ2) is 7.06. The molecule has 0 aliphatic rings. The van der Waals surface area contributed by atoms with Crippen molar-refractivity contribution < 1.29 is 17.9 Å². The average Bonchev–Trinajstić information content (AvgIpc) is 2.34. The molecule has 0 saturated heterocycles. The van der Waals surface area contributed by atoms with Crippen molar-refractivity contribution in [3.8, 4) is 0 Å². The third kappa shape index (κ3) is 5.32. The zero-order chi connectivity index (χ0) is 14.4. The van der Waals surface area contributed by atoms with Gasteiger partial charge in [0.15, 0.2) is 0 Å². The quantitative estimate of drug-likeness (QED) is 0.670. The largest absolute Gasteiger partial charge is 0.469 e. The minimum atomic E-state index is -3.57. The summed E-state index contributed by atoms with van der Waals surface area (Å²) in [5.74, 6) is -0.425. The van der Waals surface area contributed by atoms with Crippen LogP contribution >= 0.6 is 0 Å². The van der Waals surface area contributed by atoms with Crippen LogP contribution in [0.5, 0.6) is 0 Å². The standard InChI is InChI=1S/C11H24N2O4S/c1-6-11(3,7-2)12-18(15,16)13(4)9-8-10(14)17-5/h12H,6-9H2,1-5H3. The SMILES string of the molecule is CCC(C)(CC)NS(=O)(=O)N(C)CCC(=O)OC. The Balaban J connectivity index is 4.58. The van der Waals surface area contributed by atoms with Crippen LogP contribution in [0, 0.1) is 0 Å². The van der Waals surface area contributed by atoms with Gasteiger partial charge in [-0.1, -0.05) is 13.8 Å². The van der Waals surface area contributed by atoms with Crippen LogP contribution in [0.2, 0.25) is 0 Å². The van der Waals surface area contributed by atoms with Crippen LogP contribution in [-0.4, -0.2) is 44.9 Å².